The molecule has 3 heteroatoms. The van der Waals surface area contributed by atoms with Gasteiger partial charge in [-0.05, 0) is 24.3 Å². The van der Waals surface area contributed by atoms with Gasteiger partial charge in [0, 0.05) is 16.3 Å². The van der Waals surface area contributed by atoms with E-state index in [1.807, 2.05) is 12.4 Å². The van der Waals surface area contributed by atoms with E-state index < -0.39 is 0 Å². The van der Waals surface area contributed by atoms with Gasteiger partial charge in [0.1, 0.15) is 0 Å². The number of rotatable bonds is 3. The van der Waals surface area contributed by atoms with Crippen LogP contribution in [0.4, 0.5) is 5.69 Å². The van der Waals surface area contributed by atoms with E-state index in [-0.39, 0.29) is 0 Å². The lowest BCUT2D eigenvalue weighted by Gasteiger charge is -2.17. The first-order valence-electron chi connectivity index (χ1n) is 6.02. The van der Waals surface area contributed by atoms with Gasteiger partial charge in [-0.25, -0.2) is 0 Å². The summed E-state index contributed by atoms with van der Waals surface area (Å²) in [4.78, 5) is 9.03. The van der Waals surface area contributed by atoms with E-state index in [0.717, 1.165) is 13.1 Å². The molecule has 0 saturated heterocycles. The highest BCUT2D eigenvalue weighted by atomic mass is 32.2. The fourth-order valence-corrected chi connectivity index (χ4v) is 2.94. The van der Waals surface area contributed by atoms with Gasteiger partial charge in [0.25, 0.3) is 0 Å². The van der Waals surface area contributed by atoms with Crippen LogP contribution >= 0.6 is 11.8 Å². The van der Waals surface area contributed by atoms with Crippen LogP contribution in [0.25, 0.3) is 0 Å². The van der Waals surface area contributed by atoms with Gasteiger partial charge in [-0.1, -0.05) is 42.1 Å². The van der Waals surface area contributed by atoms with Gasteiger partial charge in [0.2, 0.25) is 0 Å². The Morgan fingerprint density at radius 3 is 2.50 bits per heavy atom. The molecule has 3 rings (SSSR count). The first-order chi connectivity index (χ1) is 8.93. The largest absolute Gasteiger partial charge is 0.330 e. The molecule has 0 amide bonds. The molecule has 2 nitrogen and oxygen atoms in total. The maximum Gasteiger partial charge on any atom is 0.0896 e. The summed E-state index contributed by atoms with van der Waals surface area (Å²) in [5.41, 5.74) is 1.24. The summed E-state index contributed by atoms with van der Waals surface area (Å²) in [6, 6.07) is 19.0. The second-order valence-corrected chi connectivity index (χ2v) is 5.21. The summed E-state index contributed by atoms with van der Waals surface area (Å²) < 4.78 is 0. The Balaban J connectivity index is 1.90. The number of anilines is 1. The van der Waals surface area contributed by atoms with Crippen LogP contribution in [0.1, 0.15) is 0 Å². The topological polar surface area (TPSA) is 15.6 Å². The maximum atomic E-state index is 4.28. The Morgan fingerprint density at radius 2 is 1.72 bits per heavy atom. The molecule has 0 bridgehead atoms. The number of aliphatic imine (C=N–C) groups is 1. The zero-order valence-electron chi connectivity index (χ0n) is 9.99. The van der Waals surface area contributed by atoms with Crippen molar-refractivity contribution in [3.05, 3.63) is 54.6 Å². The van der Waals surface area contributed by atoms with Crippen molar-refractivity contribution < 1.29 is 0 Å². The van der Waals surface area contributed by atoms with E-state index in [4.69, 9.17) is 0 Å². The predicted octanol–water partition coefficient (Wildman–Crippen LogP) is 3.69. The molecule has 0 saturated carbocycles. The van der Waals surface area contributed by atoms with Crippen LogP contribution < -0.4 is 4.90 Å². The number of hydrogen-bond acceptors (Lipinski definition) is 3. The first-order valence-corrected chi connectivity index (χ1v) is 6.84. The van der Waals surface area contributed by atoms with E-state index in [1.54, 1.807) is 11.8 Å². The van der Waals surface area contributed by atoms with Gasteiger partial charge >= 0.3 is 0 Å². The Bertz CT molecular complexity index is 551. The highest BCUT2D eigenvalue weighted by Crippen LogP contribution is 2.35. The minimum atomic E-state index is 0.893. The first kappa shape index (κ1) is 11.4. The summed E-state index contributed by atoms with van der Waals surface area (Å²) in [5.74, 6) is 0. The summed E-state index contributed by atoms with van der Waals surface area (Å²) in [7, 11) is 0. The van der Waals surface area contributed by atoms with Gasteiger partial charge in [-0.2, -0.15) is 0 Å². The van der Waals surface area contributed by atoms with Gasteiger partial charge in [-0.15, -0.1) is 0 Å². The standard InChI is InChI=1S/C15H14N2S/c1-2-6-13(7-3-1)18-15-9-5-4-8-14(15)17-11-10-16-12-17/h1-9,12H,10-11H2. The zero-order chi connectivity index (χ0) is 12.2. The van der Waals surface area contributed by atoms with Crippen molar-refractivity contribution in [1.82, 2.24) is 0 Å². The van der Waals surface area contributed by atoms with Crippen LogP contribution in [-0.4, -0.2) is 19.4 Å². The van der Waals surface area contributed by atoms with Crippen molar-refractivity contribution in [2.75, 3.05) is 18.0 Å². The van der Waals surface area contributed by atoms with E-state index in [0.29, 0.717) is 0 Å². The molecule has 0 fully saturated rings. The zero-order valence-corrected chi connectivity index (χ0v) is 10.8. The molecule has 0 aromatic heterocycles. The summed E-state index contributed by atoms with van der Waals surface area (Å²) in [6.45, 7) is 1.87. The van der Waals surface area contributed by atoms with Crippen LogP contribution in [0, 0.1) is 0 Å². The van der Waals surface area contributed by atoms with E-state index in [1.165, 1.54) is 15.5 Å². The molecular formula is C15H14N2S. The van der Waals surface area contributed by atoms with E-state index >= 15 is 0 Å². The third-order valence-corrected chi connectivity index (χ3v) is 3.91. The van der Waals surface area contributed by atoms with Crippen LogP contribution in [-0.2, 0) is 0 Å². The van der Waals surface area contributed by atoms with Crippen LogP contribution in [0.3, 0.4) is 0 Å². The number of hydrogen-bond donors (Lipinski definition) is 0. The van der Waals surface area contributed by atoms with Gasteiger partial charge < -0.3 is 4.90 Å². The van der Waals surface area contributed by atoms with Crippen molar-refractivity contribution in [3.63, 3.8) is 0 Å². The Morgan fingerprint density at radius 1 is 0.944 bits per heavy atom. The minimum Gasteiger partial charge on any atom is -0.330 e. The SMILES string of the molecule is C1=NCCN1c1ccccc1Sc1ccccc1. The summed E-state index contributed by atoms with van der Waals surface area (Å²) in [6.07, 6.45) is 1.93. The molecule has 0 spiro atoms. The molecule has 0 radical (unpaired) electrons. The molecule has 2 aromatic rings. The molecule has 0 N–H and O–H groups in total. The lowest BCUT2D eigenvalue weighted by molar-refractivity contribution is 1.01. The van der Waals surface area contributed by atoms with Gasteiger partial charge in [-0.3, -0.25) is 4.99 Å². The Hall–Kier alpha value is -1.74. The van der Waals surface area contributed by atoms with Crippen molar-refractivity contribution in [2.45, 2.75) is 9.79 Å². The van der Waals surface area contributed by atoms with E-state index in [9.17, 15) is 0 Å². The lowest BCUT2D eigenvalue weighted by Crippen LogP contribution is -2.18. The number of nitrogens with zero attached hydrogens (tertiary/aromatic N) is 2. The van der Waals surface area contributed by atoms with E-state index in [2.05, 4.69) is 58.4 Å². The molecule has 1 heterocycles. The van der Waals surface area contributed by atoms with Crippen molar-refractivity contribution in [3.8, 4) is 0 Å². The summed E-state index contributed by atoms with van der Waals surface area (Å²) >= 11 is 1.80. The molecule has 90 valence electrons. The minimum absolute atomic E-state index is 0.893. The third kappa shape index (κ3) is 2.41. The molecule has 2 aromatic carbocycles. The molecule has 0 aliphatic carbocycles. The molecule has 0 unspecified atom stereocenters. The van der Waals surface area contributed by atoms with Crippen LogP contribution in [0.5, 0.6) is 0 Å². The molecule has 1 aliphatic heterocycles. The fraction of sp³-hybridized carbons (Fsp3) is 0.133. The number of para-hydroxylation sites is 1. The molecular weight excluding hydrogens is 240 g/mol. The Kier molecular flexibility index (Phi) is 3.33. The Labute approximate surface area is 111 Å². The van der Waals surface area contributed by atoms with Gasteiger partial charge in [0.05, 0.1) is 18.6 Å². The maximum absolute atomic E-state index is 4.28. The summed E-state index contributed by atoms with van der Waals surface area (Å²) in [5, 5.41) is 0. The quantitative estimate of drug-likeness (QED) is 0.830. The smallest absolute Gasteiger partial charge is 0.0896 e. The van der Waals surface area contributed by atoms with Crippen molar-refractivity contribution in [1.29, 1.82) is 0 Å². The average molecular weight is 254 g/mol. The second kappa shape index (κ2) is 5.27. The fourth-order valence-electron chi connectivity index (χ4n) is 1.96. The normalized spacial score (nSPS) is 14.1. The molecule has 1 aliphatic rings. The average Bonchev–Trinajstić information content (AvgIpc) is 2.94. The molecule has 18 heavy (non-hydrogen) atoms. The monoisotopic (exact) mass is 254 g/mol. The van der Waals surface area contributed by atoms with Crippen LogP contribution in [0.2, 0.25) is 0 Å². The lowest BCUT2D eigenvalue weighted by atomic mass is 10.3. The number of benzene rings is 2. The third-order valence-electron chi connectivity index (χ3n) is 2.84. The molecule has 0 atom stereocenters. The predicted molar refractivity (Wildman–Crippen MR) is 77.7 cm³/mol. The highest BCUT2D eigenvalue weighted by Gasteiger charge is 2.12. The highest BCUT2D eigenvalue weighted by molar-refractivity contribution is 7.99. The second-order valence-electron chi connectivity index (χ2n) is 4.10. The van der Waals surface area contributed by atoms with Crippen molar-refractivity contribution in [2.24, 2.45) is 4.99 Å². The van der Waals surface area contributed by atoms with Crippen molar-refractivity contribution >= 4 is 23.8 Å². The van der Waals surface area contributed by atoms with Crippen LogP contribution in [0.15, 0.2) is 69.4 Å². The van der Waals surface area contributed by atoms with Gasteiger partial charge in [0.15, 0.2) is 0 Å².